The highest BCUT2D eigenvalue weighted by molar-refractivity contribution is 5.94. The lowest BCUT2D eigenvalue weighted by molar-refractivity contribution is 0.0934. The maximum atomic E-state index is 13.4. The van der Waals surface area contributed by atoms with Crippen LogP contribution in [0.3, 0.4) is 0 Å². The smallest absolute Gasteiger partial charge is 0.253 e. The first kappa shape index (κ1) is 23.8. The van der Waals surface area contributed by atoms with Crippen LogP contribution in [0, 0.1) is 11.3 Å². The zero-order valence-electron chi connectivity index (χ0n) is 19.8. The number of fused-ring (bicyclic) bond motifs is 1. The number of hydrogen-bond donors (Lipinski definition) is 2. The zero-order chi connectivity index (χ0) is 25.8. The van der Waals surface area contributed by atoms with Gasteiger partial charge in [-0.3, -0.25) is 4.79 Å². The van der Waals surface area contributed by atoms with Crippen molar-refractivity contribution < 1.29 is 13.6 Å². The van der Waals surface area contributed by atoms with E-state index in [0.717, 1.165) is 16.9 Å². The number of aromatic nitrogens is 5. The molecule has 1 aliphatic rings. The molecule has 0 fully saturated rings. The maximum Gasteiger partial charge on any atom is 0.253 e. The summed E-state index contributed by atoms with van der Waals surface area (Å²) in [4.78, 5) is 27.8. The van der Waals surface area contributed by atoms with Crippen LogP contribution in [-0.2, 0) is 19.6 Å². The minimum absolute atomic E-state index is 0.314. The number of halogens is 1. The molecule has 1 aromatic carbocycles. The molecule has 37 heavy (non-hydrogen) atoms. The van der Waals surface area contributed by atoms with Crippen molar-refractivity contribution >= 4 is 23.2 Å². The summed E-state index contributed by atoms with van der Waals surface area (Å²) in [6, 6.07) is 10.1. The number of pyridine rings is 1. The number of nitriles is 1. The number of alkyl halides is 1. The van der Waals surface area contributed by atoms with E-state index < -0.39 is 12.7 Å². The molecule has 4 heterocycles. The molecule has 0 spiro atoms. The van der Waals surface area contributed by atoms with Gasteiger partial charge in [-0.1, -0.05) is 0 Å². The molecule has 186 valence electrons. The highest BCUT2D eigenvalue weighted by atomic mass is 19.1. The van der Waals surface area contributed by atoms with Crippen molar-refractivity contribution in [1.82, 2.24) is 30.5 Å². The Morgan fingerprint density at radius 1 is 1.27 bits per heavy atom. The van der Waals surface area contributed by atoms with E-state index in [-0.39, 0.29) is 5.91 Å². The Morgan fingerprint density at radius 3 is 2.89 bits per heavy atom. The SMILES string of the molecule is C[C@@H](NC(=O)c1ccc(Nc2ncnc3c2CCN(c2ccc(C#N)c(CF)c2)C3)nc1)c1nnco1. The van der Waals surface area contributed by atoms with E-state index in [1.54, 1.807) is 31.2 Å². The molecule has 1 atom stereocenters. The van der Waals surface area contributed by atoms with Crippen molar-refractivity contribution in [2.75, 3.05) is 16.8 Å². The number of hydrogen-bond acceptors (Lipinski definition) is 10. The highest BCUT2D eigenvalue weighted by Gasteiger charge is 2.22. The van der Waals surface area contributed by atoms with Crippen molar-refractivity contribution in [3.8, 4) is 6.07 Å². The monoisotopic (exact) mass is 499 g/mol. The van der Waals surface area contributed by atoms with Gasteiger partial charge in [-0.25, -0.2) is 19.3 Å². The fourth-order valence-electron chi connectivity index (χ4n) is 4.11. The number of nitrogens with zero attached hydrogens (tertiary/aromatic N) is 7. The van der Waals surface area contributed by atoms with Crippen LogP contribution in [0.1, 0.15) is 51.6 Å². The van der Waals surface area contributed by atoms with E-state index in [1.807, 2.05) is 12.1 Å². The lowest BCUT2D eigenvalue weighted by Gasteiger charge is -2.31. The van der Waals surface area contributed by atoms with Crippen molar-refractivity contribution in [3.05, 3.63) is 83.1 Å². The molecule has 0 aliphatic carbocycles. The summed E-state index contributed by atoms with van der Waals surface area (Å²) in [6.45, 7) is 2.25. The summed E-state index contributed by atoms with van der Waals surface area (Å²) in [5, 5.41) is 22.6. The summed E-state index contributed by atoms with van der Waals surface area (Å²) < 4.78 is 18.5. The average Bonchev–Trinajstić information content (AvgIpc) is 3.48. The molecule has 0 bridgehead atoms. The largest absolute Gasteiger partial charge is 0.426 e. The summed E-state index contributed by atoms with van der Waals surface area (Å²) in [7, 11) is 0. The van der Waals surface area contributed by atoms with Gasteiger partial charge in [0.15, 0.2) is 0 Å². The van der Waals surface area contributed by atoms with E-state index in [1.165, 1.54) is 18.9 Å². The van der Waals surface area contributed by atoms with Crippen LogP contribution < -0.4 is 15.5 Å². The molecule has 5 rings (SSSR count). The van der Waals surface area contributed by atoms with Crippen LogP contribution in [0.25, 0.3) is 0 Å². The first-order chi connectivity index (χ1) is 18.1. The molecular weight excluding hydrogens is 477 g/mol. The first-order valence-electron chi connectivity index (χ1n) is 11.5. The maximum absolute atomic E-state index is 13.4. The minimum Gasteiger partial charge on any atom is -0.426 e. The standard InChI is InChI=1S/C25H22FN9O2/c1-15(25-34-31-14-37-25)32-24(36)17-3-5-22(28-11-17)33-23-20-6-7-35(12-21(20)29-13-30-23)19-4-2-16(10-27)18(8-19)9-26/h2-5,8,11,13-15H,6-7,9,12H2,1H3,(H,32,36)(H,28,29,30,33)/t15-/m1/s1. The van der Waals surface area contributed by atoms with Crippen LogP contribution in [0.4, 0.5) is 21.7 Å². The van der Waals surface area contributed by atoms with Gasteiger partial charge in [-0.2, -0.15) is 5.26 Å². The Hall–Kier alpha value is -4.92. The van der Waals surface area contributed by atoms with Gasteiger partial charge in [0.25, 0.3) is 5.91 Å². The van der Waals surface area contributed by atoms with E-state index >= 15 is 0 Å². The van der Waals surface area contributed by atoms with E-state index in [9.17, 15) is 9.18 Å². The number of anilines is 3. The van der Waals surface area contributed by atoms with Gasteiger partial charge in [0, 0.05) is 29.6 Å². The van der Waals surface area contributed by atoms with Crippen molar-refractivity contribution in [1.29, 1.82) is 5.26 Å². The third-order valence-electron chi connectivity index (χ3n) is 6.09. The molecule has 4 aromatic rings. The fourth-order valence-corrected chi connectivity index (χ4v) is 4.11. The Morgan fingerprint density at radius 2 is 2.16 bits per heavy atom. The third-order valence-corrected chi connectivity index (χ3v) is 6.09. The second-order valence-electron chi connectivity index (χ2n) is 8.44. The van der Waals surface area contributed by atoms with Crippen molar-refractivity contribution in [2.24, 2.45) is 0 Å². The van der Waals surface area contributed by atoms with Crippen LogP contribution >= 0.6 is 0 Å². The predicted octanol–water partition coefficient (Wildman–Crippen LogP) is 3.39. The van der Waals surface area contributed by atoms with Gasteiger partial charge in [0.05, 0.1) is 29.4 Å². The Kier molecular flexibility index (Phi) is 6.67. The van der Waals surface area contributed by atoms with Gasteiger partial charge in [-0.05, 0) is 43.7 Å². The molecule has 11 nitrogen and oxygen atoms in total. The zero-order valence-corrected chi connectivity index (χ0v) is 19.8. The fraction of sp³-hybridized carbons (Fsp3) is 0.240. The molecule has 0 saturated heterocycles. The summed E-state index contributed by atoms with van der Waals surface area (Å²) >= 11 is 0. The van der Waals surface area contributed by atoms with Gasteiger partial charge in [0.2, 0.25) is 12.3 Å². The second-order valence-corrected chi connectivity index (χ2v) is 8.44. The normalized spacial score (nSPS) is 13.4. The Bertz CT molecular complexity index is 1450. The lowest BCUT2D eigenvalue weighted by atomic mass is 10.0. The Labute approximate surface area is 211 Å². The average molecular weight is 500 g/mol. The van der Waals surface area contributed by atoms with E-state index in [0.29, 0.717) is 53.7 Å². The predicted molar refractivity (Wildman–Crippen MR) is 130 cm³/mol. The number of carbonyl (C=O) groups is 1. The molecule has 3 aromatic heterocycles. The second kappa shape index (κ2) is 10.4. The van der Waals surface area contributed by atoms with Gasteiger partial charge < -0.3 is 20.0 Å². The molecule has 1 amide bonds. The molecule has 0 saturated carbocycles. The molecule has 0 radical (unpaired) electrons. The highest BCUT2D eigenvalue weighted by Crippen LogP contribution is 2.29. The van der Waals surface area contributed by atoms with Crippen molar-refractivity contribution in [2.45, 2.75) is 32.6 Å². The summed E-state index contributed by atoms with van der Waals surface area (Å²) in [5.41, 5.74) is 3.76. The molecule has 12 heteroatoms. The molecule has 2 N–H and O–H groups in total. The minimum atomic E-state index is -0.692. The number of amides is 1. The summed E-state index contributed by atoms with van der Waals surface area (Å²) in [6.07, 6.45) is 4.83. The number of rotatable bonds is 7. The third kappa shape index (κ3) is 5.06. The van der Waals surface area contributed by atoms with Gasteiger partial charge >= 0.3 is 0 Å². The topological polar surface area (TPSA) is 146 Å². The van der Waals surface area contributed by atoms with E-state index in [4.69, 9.17) is 9.68 Å². The molecular formula is C25H22FN9O2. The summed E-state index contributed by atoms with van der Waals surface area (Å²) in [5.74, 6) is 1.17. The quantitative estimate of drug-likeness (QED) is 0.388. The molecule has 0 unspecified atom stereocenters. The molecule has 1 aliphatic heterocycles. The number of nitrogens with one attached hydrogen (secondary N) is 2. The van der Waals surface area contributed by atoms with Crippen LogP contribution in [-0.4, -0.2) is 37.6 Å². The first-order valence-corrected chi connectivity index (χ1v) is 11.5. The Balaban J connectivity index is 1.27. The van der Waals surface area contributed by atoms with Gasteiger partial charge in [-0.15, -0.1) is 10.2 Å². The van der Waals surface area contributed by atoms with Crippen LogP contribution in [0.5, 0.6) is 0 Å². The van der Waals surface area contributed by atoms with Gasteiger partial charge in [0.1, 0.15) is 30.7 Å². The van der Waals surface area contributed by atoms with Crippen LogP contribution in [0.2, 0.25) is 0 Å². The lowest BCUT2D eigenvalue weighted by Crippen LogP contribution is -2.32. The van der Waals surface area contributed by atoms with Crippen LogP contribution in [0.15, 0.2) is 53.7 Å². The number of carbonyl (C=O) groups excluding carboxylic acids is 1. The number of benzene rings is 1. The van der Waals surface area contributed by atoms with Crippen molar-refractivity contribution in [3.63, 3.8) is 0 Å². The van der Waals surface area contributed by atoms with E-state index in [2.05, 4.69) is 40.7 Å².